The minimum Gasteiger partial charge on any atom is -0.332 e. The van der Waals surface area contributed by atoms with Crippen molar-refractivity contribution in [2.75, 3.05) is 0 Å². The van der Waals surface area contributed by atoms with E-state index in [0.717, 1.165) is 5.82 Å². The first kappa shape index (κ1) is 9.30. The second-order valence-corrected chi connectivity index (χ2v) is 4.50. The van der Waals surface area contributed by atoms with Crippen LogP contribution in [0, 0.1) is 0 Å². The lowest BCUT2D eigenvalue weighted by Crippen LogP contribution is -2.19. The van der Waals surface area contributed by atoms with E-state index in [9.17, 15) is 0 Å². The zero-order valence-corrected chi connectivity index (χ0v) is 8.63. The zero-order valence-electron chi connectivity index (χ0n) is 8.63. The molecule has 0 unspecified atom stereocenters. The summed E-state index contributed by atoms with van der Waals surface area (Å²) >= 11 is 0. The van der Waals surface area contributed by atoms with Gasteiger partial charge >= 0.3 is 0 Å². The predicted octanol–water partition coefficient (Wildman–Crippen LogP) is 2.76. The van der Waals surface area contributed by atoms with Crippen molar-refractivity contribution in [3.63, 3.8) is 0 Å². The molecule has 0 saturated heterocycles. The third kappa shape index (κ3) is 1.68. The Kier molecular flexibility index (Phi) is 2.27. The smallest absolute Gasteiger partial charge is 0.114 e. The fraction of sp³-hybridized carbons (Fsp3) is 0.700. The molecule has 0 aliphatic heterocycles. The Morgan fingerprint density at radius 1 is 1.33 bits per heavy atom. The van der Waals surface area contributed by atoms with Gasteiger partial charge in [0, 0.05) is 23.9 Å². The molecule has 0 fully saturated rings. The van der Waals surface area contributed by atoms with E-state index in [0.29, 0.717) is 6.04 Å². The first-order chi connectivity index (χ1) is 5.43. The summed E-state index contributed by atoms with van der Waals surface area (Å²) in [5.74, 6) is 1.16. The second kappa shape index (κ2) is 2.92. The van der Waals surface area contributed by atoms with Crippen molar-refractivity contribution in [2.45, 2.75) is 46.1 Å². The summed E-state index contributed by atoms with van der Waals surface area (Å²) in [7, 11) is 0. The van der Waals surface area contributed by atoms with Gasteiger partial charge in [-0.15, -0.1) is 0 Å². The van der Waals surface area contributed by atoms with E-state index < -0.39 is 0 Å². The van der Waals surface area contributed by atoms with Gasteiger partial charge in [-0.05, 0) is 13.8 Å². The molecule has 1 rings (SSSR count). The monoisotopic (exact) mass is 166 g/mol. The van der Waals surface area contributed by atoms with Crippen LogP contribution in [0.15, 0.2) is 12.4 Å². The highest BCUT2D eigenvalue weighted by Gasteiger charge is 2.20. The van der Waals surface area contributed by atoms with Crippen LogP contribution >= 0.6 is 0 Å². The van der Waals surface area contributed by atoms with Crippen LogP contribution < -0.4 is 0 Å². The zero-order chi connectivity index (χ0) is 9.35. The van der Waals surface area contributed by atoms with Crippen molar-refractivity contribution < 1.29 is 0 Å². The molecule has 0 bridgehead atoms. The Morgan fingerprint density at radius 3 is 2.25 bits per heavy atom. The highest BCUT2D eigenvalue weighted by atomic mass is 15.1. The fourth-order valence-corrected chi connectivity index (χ4v) is 1.31. The summed E-state index contributed by atoms with van der Waals surface area (Å²) in [4.78, 5) is 4.37. The summed E-state index contributed by atoms with van der Waals surface area (Å²) in [5.41, 5.74) is 0.147. The molecule has 0 N–H and O–H groups in total. The molecule has 2 nitrogen and oxygen atoms in total. The molecule has 0 saturated carbocycles. The average molecular weight is 166 g/mol. The predicted molar refractivity (Wildman–Crippen MR) is 51.3 cm³/mol. The Balaban J connectivity index is 3.08. The average Bonchev–Trinajstić information content (AvgIpc) is 2.30. The number of hydrogen-bond donors (Lipinski definition) is 0. The van der Waals surface area contributed by atoms with Crippen LogP contribution in [0.4, 0.5) is 0 Å². The molecule has 0 aliphatic rings. The highest BCUT2D eigenvalue weighted by Crippen LogP contribution is 2.22. The number of aromatic nitrogens is 2. The van der Waals surface area contributed by atoms with Crippen molar-refractivity contribution in [2.24, 2.45) is 0 Å². The van der Waals surface area contributed by atoms with E-state index in [4.69, 9.17) is 0 Å². The maximum absolute atomic E-state index is 4.37. The number of rotatable bonds is 1. The quantitative estimate of drug-likeness (QED) is 0.627. The summed E-state index contributed by atoms with van der Waals surface area (Å²) in [5, 5.41) is 0. The third-order valence-electron chi connectivity index (χ3n) is 1.90. The van der Waals surface area contributed by atoms with Crippen molar-refractivity contribution in [3.8, 4) is 0 Å². The van der Waals surface area contributed by atoms with Crippen LogP contribution in [0.3, 0.4) is 0 Å². The van der Waals surface area contributed by atoms with Crippen LogP contribution in [0.1, 0.15) is 46.5 Å². The molecule has 0 amide bonds. The van der Waals surface area contributed by atoms with E-state index in [1.807, 2.05) is 12.4 Å². The Morgan fingerprint density at radius 2 is 1.92 bits per heavy atom. The van der Waals surface area contributed by atoms with Gasteiger partial charge in [0.25, 0.3) is 0 Å². The molecule has 1 heterocycles. The van der Waals surface area contributed by atoms with Crippen molar-refractivity contribution in [3.05, 3.63) is 18.2 Å². The van der Waals surface area contributed by atoms with E-state index in [2.05, 4.69) is 44.2 Å². The lowest BCUT2D eigenvalue weighted by molar-refractivity contribution is 0.469. The largest absolute Gasteiger partial charge is 0.332 e. The standard InChI is InChI=1S/C10H18N2/c1-8(2)12-7-6-11-9(12)10(3,4)5/h6-8H,1-5H3. The van der Waals surface area contributed by atoms with Gasteiger partial charge in [-0.25, -0.2) is 4.98 Å². The van der Waals surface area contributed by atoms with Crippen molar-refractivity contribution >= 4 is 0 Å². The van der Waals surface area contributed by atoms with Gasteiger partial charge in [0.15, 0.2) is 0 Å². The molecule has 0 aliphatic carbocycles. The van der Waals surface area contributed by atoms with Crippen molar-refractivity contribution in [1.82, 2.24) is 9.55 Å². The maximum Gasteiger partial charge on any atom is 0.114 e. The van der Waals surface area contributed by atoms with Crippen LogP contribution in [0.25, 0.3) is 0 Å². The normalized spacial score (nSPS) is 12.5. The van der Waals surface area contributed by atoms with E-state index in [-0.39, 0.29) is 5.41 Å². The highest BCUT2D eigenvalue weighted by molar-refractivity contribution is 5.05. The maximum atomic E-state index is 4.37. The molecule has 68 valence electrons. The molecule has 0 radical (unpaired) electrons. The first-order valence-electron chi connectivity index (χ1n) is 4.46. The van der Waals surface area contributed by atoms with Crippen LogP contribution in [-0.4, -0.2) is 9.55 Å². The van der Waals surface area contributed by atoms with E-state index in [1.54, 1.807) is 0 Å². The summed E-state index contributed by atoms with van der Waals surface area (Å²) in [6.45, 7) is 10.9. The molecular formula is C10H18N2. The van der Waals surface area contributed by atoms with Crippen molar-refractivity contribution in [1.29, 1.82) is 0 Å². The molecule has 2 heteroatoms. The lowest BCUT2D eigenvalue weighted by atomic mass is 9.95. The van der Waals surface area contributed by atoms with Gasteiger partial charge in [0.05, 0.1) is 0 Å². The fourth-order valence-electron chi connectivity index (χ4n) is 1.31. The minimum atomic E-state index is 0.147. The molecule has 0 aromatic carbocycles. The van der Waals surface area contributed by atoms with Crippen LogP contribution in [-0.2, 0) is 5.41 Å². The molecule has 1 aromatic heterocycles. The van der Waals surface area contributed by atoms with Gasteiger partial charge in [0.1, 0.15) is 5.82 Å². The van der Waals surface area contributed by atoms with Crippen LogP contribution in [0.5, 0.6) is 0 Å². The van der Waals surface area contributed by atoms with Gasteiger partial charge in [-0.1, -0.05) is 20.8 Å². The molecule has 12 heavy (non-hydrogen) atoms. The molecular weight excluding hydrogens is 148 g/mol. The Hall–Kier alpha value is -0.790. The SMILES string of the molecule is CC(C)n1ccnc1C(C)(C)C. The second-order valence-electron chi connectivity index (χ2n) is 4.50. The summed E-state index contributed by atoms with van der Waals surface area (Å²) in [6, 6.07) is 0.502. The van der Waals surface area contributed by atoms with Crippen LogP contribution in [0.2, 0.25) is 0 Å². The lowest BCUT2D eigenvalue weighted by Gasteiger charge is -2.21. The molecule has 1 aromatic rings. The molecule has 0 atom stereocenters. The van der Waals surface area contributed by atoms with Gasteiger partial charge in [0.2, 0.25) is 0 Å². The summed E-state index contributed by atoms with van der Waals surface area (Å²) in [6.07, 6.45) is 3.92. The van der Waals surface area contributed by atoms with Gasteiger partial charge < -0.3 is 4.57 Å². The molecule has 0 spiro atoms. The minimum absolute atomic E-state index is 0.147. The topological polar surface area (TPSA) is 17.8 Å². The van der Waals surface area contributed by atoms with E-state index >= 15 is 0 Å². The Labute approximate surface area is 74.6 Å². The number of imidazole rings is 1. The van der Waals surface area contributed by atoms with Gasteiger partial charge in [-0.2, -0.15) is 0 Å². The first-order valence-corrected chi connectivity index (χ1v) is 4.46. The summed E-state index contributed by atoms with van der Waals surface area (Å²) < 4.78 is 2.22. The number of hydrogen-bond acceptors (Lipinski definition) is 1. The Bertz CT molecular complexity index is 253. The number of nitrogens with zero attached hydrogens (tertiary/aromatic N) is 2. The van der Waals surface area contributed by atoms with Gasteiger partial charge in [-0.3, -0.25) is 0 Å². The van der Waals surface area contributed by atoms with E-state index in [1.165, 1.54) is 0 Å². The third-order valence-corrected chi connectivity index (χ3v) is 1.90.